The summed E-state index contributed by atoms with van der Waals surface area (Å²) in [6.07, 6.45) is 1.51. The SMILES string of the molecule is CC(C)(O)CN1CCN(C(=O)c2cnns2)CC1. The van der Waals surface area contributed by atoms with Crippen molar-refractivity contribution in [1.82, 2.24) is 19.4 Å². The molecule has 1 aliphatic heterocycles. The summed E-state index contributed by atoms with van der Waals surface area (Å²) in [7, 11) is 0. The molecule has 1 aliphatic rings. The zero-order valence-electron chi connectivity index (χ0n) is 10.7. The summed E-state index contributed by atoms with van der Waals surface area (Å²) < 4.78 is 3.70. The van der Waals surface area contributed by atoms with E-state index in [1.807, 2.05) is 4.90 Å². The van der Waals surface area contributed by atoms with E-state index in [2.05, 4.69) is 14.5 Å². The van der Waals surface area contributed by atoms with Crippen molar-refractivity contribution < 1.29 is 9.90 Å². The van der Waals surface area contributed by atoms with E-state index in [-0.39, 0.29) is 5.91 Å². The van der Waals surface area contributed by atoms with Crippen LogP contribution in [0.2, 0.25) is 0 Å². The van der Waals surface area contributed by atoms with E-state index < -0.39 is 5.60 Å². The molecule has 0 radical (unpaired) electrons. The van der Waals surface area contributed by atoms with Crippen molar-refractivity contribution in [3.63, 3.8) is 0 Å². The van der Waals surface area contributed by atoms with E-state index in [9.17, 15) is 9.90 Å². The molecule has 2 heterocycles. The van der Waals surface area contributed by atoms with Crippen molar-refractivity contribution in [2.24, 2.45) is 0 Å². The van der Waals surface area contributed by atoms with Gasteiger partial charge in [-0.1, -0.05) is 4.49 Å². The predicted molar refractivity (Wildman–Crippen MR) is 68.6 cm³/mol. The predicted octanol–water partition coefficient (Wildman–Crippen LogP) is 0.0668. The third kappa shape index (κ3) is 3.47. The Hall–Kier alpha value is -1.05. The van der Waals surface area contributed by atoms with Crippen LogP contribution in [-0.4, -0.2) is 68.7 Å². The number of aliphatic hydroxyl groups is 1. The Balaban J connectivity index is 1.85. The van der Waals surface area contributed by atoms with E-state index in [0.29, 0.717) is 24.5 Å². The van der Waals surface area contributed by atoms with Gasteiger partial charge >= 0.3 is 0 Å². The second-order valence-electron chi connectivity index (χ2n) is 5.16. The minimum absolute atomic E-state index is 0.00732. The van der Waals surface area contributed by atoms with Gasteiger partial charge in [-0.2, -0.15) is 0 Å². The molecule has 1 aromatic heterocycles. The first-order valence-corrected chi connectivity index (χ1v) is 6.74. The number of β-amino-alcohol motifs (C(OH)–C–C–N with tert-alkyl or cyclic N) is 1. The highest BCUT2D eigenvalue weighted by Crippen LogP contribution is 2.12. The fraction of sp³-hybridized carbons (Fsp3) is 0.727. The Morgan fingerprint density at radius 3 is 2.61 bits per heavy atom. The molecular weight excluding hydrogens is 252 g/mol. The highest BCUT2D eigenvalue weighted by molar-refractivity contribution is 7.07. The lowest BCUT2D eigenvalue weighted by Crippen LogP contribution is -2.51. The zero-order valence-corrected chi connectivity index (χ0v) is 11.5. The summed E-state index contributed by atoms with van der Waals surface area (Å²) in [4.78, 5) is 16.6. The molecule has 0 atom stereocenters. The van der Waals surface area contributed by atoms with Gasteiger partial charge in [0.1, 0.15) is 4.88 Å². The summed E-state index contributed by atoms with van der Waals surface area (Å²) in [6, 6.07) is 0. The Kier molecular flexibility index (Phi) is 3.94. The molecule has 1 aromatic rings. The molecule has 0 saturated carbocycles. The minimum Gasteiger partial charge on any atom is -0.389 e. The minimum atomic E-state index is -0.687. The van der Waals surface area contributed by atoms with E-state index in [4.69, 9.17) is 0 Å². The highest BCUT2D eigenvalue weighted by Gasteiger charge is 2.26. The van der Waals surface area contributed by atoms with Gasteiger partial charge < -0.3 is 10.0 Å². The summed E-state index contributed by atoms with van der Waals surface area (Å²) >= 11 is 1.13. The van der Waals surface area contributed by atoms with E-state index >= 15 is 0 Å². The highest BCUT2D eigenvalue weighted by atomic mass is 32.1. The lowest BCUT2D eigenvalue weighted by atomic mass is 10.1. The van der Waals surface area contributed by atoms with Crippen LogP contribution in [-0.2, 0) is 0 Å². The molecule has 0 aliphatic carbocycles. The largest absolute Gasteiger partial charge is 0.389 e. The van der Waals surface area contributed by atoms with Crippen LogP contribution in [0.5, 0.6) is 0 Å². The van der Waals surface area contributed by atoms with Crippen LogP contribution < -0.4 is 0 Å². The van der Waals surface area contributed by atoms with Gasteiger partial charge in [-0.25, -0.2) is 0 Å². The number of carbonyl (C=O) groups excluding carboxylic acids is 1. The van der Waals surface area contributed by atoms with E-state index in [1.54, 1.807) is 13.8 Å². The number of carbonyl (C=O) groups is 1. The van der Waals surface area contributed by atoms with Crippen LogP contribution >= 0.6 is 11.5 Å². The molecule has 7 heteroatoms. The van der Waals surface area contributed by atoms with Crippen LogP contribution in [0, 0.1) is 0 Å². The monoisotopic (exact) mass is 270 g/mol. The molecule has 0 unspecified atom stereocenters. The van der Waals surface area contributed by atoms with E-state index in [1.165, 1.54) is 6.20 Å². The van der Waals surface area contributed by atoms with Crippen LogP contribution in [0.15, 0.2) is 6.20 Å². The first-order valence-electron chi connectivity index (χ1n) is 5.97. The fourth-order valence-corrected chi connectivity index (χ4v) is 2.56. The van der Waals surface area contributed by atoms with Crippen molar-refractivity contribution in [2.45, 2.75) is 19.4 Å². The average Bonchev–Trinajstić information content (AvgIpc) is 2.80. The Morgan fingerprint density at radius 1 is 1.44 bits per heavy atom. The number of amides is 1. The fourth-order valence-electron chi connectivity index (χ4n) is 2.07. The topological polar surface area (TPSA) is 69.6 Å². The maximum absolute atomic E-state index is 12.0. The van der Waals surface area contributed by atoms with Gasteiger partial charge in [-0.3, -0.25) is 9.69 Å². The molecule has 18 heavy (non-hydrogen) atoms. The molecule has 1 N–H and O–H groups in total. The Morgan fingerprint density at radius 2 is 2.11 bits per heavy atom. The van der Waals surface area contributed by atoms with Gasteiger partial charge in [-0.15, -0.1) is 5.10 Å². The van der Waals surface area contributed by atoms with Crippen molar-refractivity contribution in [1.29, 1.82) is 0 Å². The maximum Gasteiger partial charge on any atom is 0.267 e. The Labute approximate surface area is 110 Å². The number of rotatable bonds is 3. The third-order valence-electron chi connectivity index (χ3n) is 2.84. The van der Waals surface area contributed by atoms with Gasteiger partial charge in [-0.05, 0) is 25.4 Å². The van der Waals surface area contributed by atoms with Gasteiger partial charge in [0.25, 0.3) is 5.91 Å². The number of nitrogens with zero attached hydrogens (tertiary/aromatic N) is 4. The summed E-state index contributed by atoms with van der Waals surface area (Å²) in [5.74, 6) is 0.00732. The van der Waals surface area contributed by atoms with Gasteiger partial charge in [0.05, 0.1) is 11.8 Å². The molecule has 1 fully saturated rings. The number of hydrogen-bond donors (Lipinski definition) is 1. The van der Waals surface area contributed by atoms with Gasteiger partial charge in [0.2, 0.25) is 0 Å². The average molecular weight is 270 g/mol. The summed E-state index contributed by atoms with van der Waals surface area (Å²) in [5, 5.41) is 13.4. The van der Waals surface area contributed by atoms with Crippen LogP contribution in [0.1, 0.15) is 23.5 Å². The molecule has 0 aromatic carbocycles. The molecule has 0 spiro atoms. The zero-order chi connectivity index (χ0) is 13.2. The van der Waals surface area contributed by atoms with Crippen molar-refractivity contribution >= 4 is 17.4 Å². The smallest absolute Gasteiger partial charge is 0.267 e. The second-order valence-corrected chi connectivity index (χ2v) is 5.95. The lowest BCUT2D eigenvalue weighted by Gasteiger charge is -2.37. The van der Waals surface area contributed by atoms with Crippen LogP contribution in [0.25, 0.3) is 0 Å². The van der Waals surface area contributed by atoms with E-state index in [0.717, 1.165) is 24.6 Å². The van der Waals surface area contributed by atoms with Crippen molar-refractivity contribution in [3.05, 3.63) is 11.1 Å². The summed E-state index contributed by atoms with van der Waals surface area (Å²) in [6.45, 7) is 7.20. The molecule has 1 amide bonds. The third-order valence-corrected chi connectivity index (χ3v) is 3.49. The number of piperazine rings is 1. The Bertz CT molecular complexity index is 394. The molecule has 6 nitrogen and oxygen atoms in total. The number of hydrogen-bond acceptors (Lipinski definition) is 6. The molecule has 2 rings (SSSR count). The second kappa shape index (κ2) is 5.29. The van der Waals surface area contributed by atoms with Crippen LogP contribution in [0.4, 0.5) is 0 Å². The normalized spacial score (nSPS) is 18.1. The molecule has 1 saturated heterocycles. The van der Waals surface area contributed by atoms with Crippen LogP contribution in [0.3, 0.4) is 0 Å². The molecular formula is C11H18N4O2S. The standard InChI is InChI=1S/C11H18N4O2S/c1-11(2,17)8-14-3-5-15(6-4-14)10(16)9-7-12-13-18-9/h7,17H,3-6,8H2,1-2H3. The summed E-state index contributed by atoms with van der Waals surface area (Å²) in [5.41, 5.74) is -0.687. The van der Waals surface area contributed by atoms with Gasteiger partial charge in [0.15, 0.2) is 0 Å². The first-order chi connectivity index (χ1) is 8.46. The molecule has 100 valence electrons. The quantitative estimate of drug-likeness (QED) is 0.841. The van der Waals surface area contributed by atoms with Crippen molar-refractivity contribution in [3.8, 4) is 0 Å². The lowest BCUT2D eigenvalue weighted by molar-refractivity contribution is 0.0179. The van der Waals surface area contributed by atoms with Crippen molar-refractivity contribution in [2.75, 3.05) is 32.7 Å². The first kappa shape index (κ1) is 13.4. The molecule has 0 bridgehead atoms. The number of aromatic nitrogens is 2. The maximum atomic E-state index is 12.0. The van der Waals surface area contributed by atoms with Gasteiger partial charge in [0, 0.05) is 32.7 Å².